The third-order valence-corrected chi connectivity index (χ3v) is 2.77. The fraction of sp³-hybridized carbons (Fsp3) is 0.462. The molecule has 0 spiro atoms. The Bertz CT molecular complexity index is 300. The highest BCUT2D eigenvalue weighted by molar-refractivity contribution is 5.83. The minimum Gasteiger partial charge on any atom is -0.336 e. The molecule has 1 aliphatic rings. The van der Waals surface area contributed by atoms with Gasteiger partial charge in [0, 0.05) is 13.0 Å². The molecule has 15 heavy (non-hydrogen) atoms. The highest BCUT2D eigenvalue weighted by Gasteiger charge is 2.35. The second kappa shape index (κ2) is 5.41. The summed E-state index contributed by atoms with van der Waals surface area (Å²) in [6, 6.07) is 0.151. The summed E-state index contributed by atoms with van der Waals surface area (Å²) in [6.07, 6.45) is 11.1. The van der Waals surface area contributed by atoms with Gasteiger partial charge in [-0.2, -0.15) is 0 Å². The van der Waals surface area contributed by atoms with Crippen LogP contribution in [-0.4, -0.2) is 23.4 Å². The number of carbonyl (C=O) groups excluding carboxylic acids is 1. The third-order valence-electron chi connectivity index (χ3n) is 2.77. The van der Waals surface area contributed by atoms with E-state index in [2.05, 4.69) is 19.1 Å². The molecule has 1 saturated heterocycles. The second-order valence-corrected chi connectivity index (χ2v) is 3.72. The van der Waals surface area contributed by atoms with E-state index in [0.29, 0.717) is 6.42 Å². The van der Waals surface area contributed by atoms with Crippen LogP contribution in [0.25, 0.3) is 0 Å². The summed E-state index contributed by atoms with van der Waals surface area (Å²) in [4.78, 5) is 13.7. The Hall–Kier alpha value is -1.49. The van der Waals surface area contributed by atoms with Gasteiger partial charge in [-0.1, -0.05) is 12.2 Å². The monoisotopic (exact) mass is 203 g/mol. The average molecular weight is 203 g/mol. The Labute approximate surface area is 91.7 Å². The van der Waals surface area contributed by atoms with E-state index < -0.39 is 0 Å². The van der Waals surface area contributed by atoms with Crippen molar-refractivity contribution in [2.24, 2.45) is 5.92 Å². The van der Waals surface area contributed by atoms with Gasteiger partial charge in [-0.15, -0.1) is 25.5 Å². The summed E-state index contributed by atoms with van der Waals surface area (Å²) in [5, 5.41) is 0. The van der Waals surface area contributed by atoms with Crippen LogP contribution in [0.1, 0.15) is 19.3 Å². The second-order valence-electron chi connectivity index (χ2n) is 3.72. The molecule has 1 rings (SSSR count). The zero-order valence-electron chi connectivity index (χ0n) is 8.98. The predicted molar refractivity (Wildman–Crippen MR) is 62.1 cm³/mol. The molecular weight excluding hydrogens is 186 g/mol. The minimum atomic E-state index is -0.0427. The Balaban J connectivity index is 2.60. The summed E-state index contributed by atoms with van der Waals surface area (Å²) >= 11 is 0. The molecule has 0 aromatic carbocycles. The van der Waals surface area contributed by atoms with Crippen LogP contribution >= 0.6 is 0 Å². The van der Waals surface area contributed by atoms with Crippen LogP contribution in [-0.2, 0) is 4.79 Å². The van der Waals surface area contributed by atoms with Gasteiger partial charge in [-0.25, -0.2) is 0 Å². The van der Waals surface area contributed by atoms with Crippen molar-refractivity contribution in [3.8, 4) is 12.3 Å². The van der Waals surface area contributed by atoms with Gasteiger partial charge in [-0.3, -0.25) is 4.79 Å². The fourth-order valence-electron chi connectivity index (χ4n) is 1.91. The SMILES string of the molecule is C#CCCCN1C(=O)[C@@H](C=C)C[C@H]1C=C. The molecule has 2 heteroatoms. The quantitative estimate of drug-likeness (QED) is 0.380. The van der Waals surface area contributed by atoms with E-state index in [1.165, 1.54) is 0 Å². The molecule has 1 aliphatic heterocycles. The number of rotatable bonds is 5. The van der Waals surface area contributed by atoms with Gasteiger partial charge in [0.05, 0.1) is 12.0 Å². The van der Waals surface area contributed by atoms with Crippen molar-refractivity contribution < 1.29 is 4.79 Å². The van der Waals surface area contributed by atoms with E-state index in [4.69, 9.17) is 6.42 Å². The lowest BCUT2D eigenvalue weighted by Gasteiger charge is -2.21. The molecule has 0 N–H and O–H groups in total. The summed E-state index contributed by atoms with van der Waals surface area (Å²) in [5.74, 6) is 2.70. The summed E-state index contributed by atoms with van der Waals surface area (Å²) < 4.78 is 0. The molecule has 1 amide bonds. The van der Waals surface area contributed by atoms with Gasteiger partial charge in [0.25, 0.3) is 0 Å². The van der Waals surface area contributed by atoms with Gasteiger partial charge < -0.3 is 4.90 Å². The highest BCUT2D eigenvalue weighted by atomic mass is 16.2. The molecule has 0 aromatic rings. The number of likely N-dealkylation sites (tertiary alicyclic amines) is 1. The lowest BCUT2D eigenvalue weighted by molar-refractivity contribution is -0.130. The topological polar surface area (TPSA) is 20.3 Å². The zero-order valence-corrected chi connectivity index (χ0v) is 8.98. The summed E-state index contributed by atoms with van der Waals surface area (Å²) in [6.45, 7) is 8.16. The van der Waals surface area contributed by atoms with Crippen LogP contribution in [0.15, 0.2) is 25.3 Å². The molecule has 0 unspecified atom stereocenters. The van der Waals surface area contributed by atoms with Gasteiger partial charge in [0.15, 0.2) is 0 Å². The Morgan fingerprint density at radius 1 is 1.53 bits per heavy atom. The molecule has 1 heterocycles. The van der Waals surface area contributed by atoms with Crippen LogP contribution in [0, 0.1) is 18.3 Å². The molecule has 0 aliphatic carbocycles. The molecule has 2 atom stereocenters. The van der Waals surface area contributed by atoms with Crippen LogP contribution in [0.5, 0.6) is 0 Å². The number of amides is 1. The Kier molecular flexibility index (Phi) is 4.17. The predicted octanol–water partition coefficient (Wildman–Crippen LogP) is 1.99. The van der Waals surface area contributed by atoms with Crippen LogP contribution in [0.2, 0.25) is 0 Å². The Morgan fingerprint density at radius 2 is 2.27 bits per heavy atom. The maximum atomic E-state index is 11.9. The first-order valence-electron chi connectivity index (χ1n) is 5.23. The van der Waals surface area contributed by atoms with Crippen molar-refractivity contribution in [1.29, 1.82) is 0 Å². The van der Waals surface area contributed by atoms with Crippen molar-refractivity contribution in [3.63, 3.8) is 0 Å². The molecule has 0 aromatic heterocycles. The van der Waals surface area contributed by atoms with Crippen LogP contribution in [0.4, 0.5) is 0 Å². The van der Waals surface area contributed by atoms with Crippen molar-refractivity contribution in [1.82, 2.24) is 4.90 Å². The number of terminal acetylenes is 1. The fourth-order valence-corrected chi connectivity index (χ4v) is 1.91. The maximum absolute atomic E-state index is 11.9. The average Bonchev–Trinajstić information content (AvgIpc) is 2.56. The van der Waals surface area contributed by atoms with E-state index >= 15 is 0 Å². The van der Waals surface area contributed by atoms with Crippen molar-refractivity contribution in [3.05, 3.63) is 25.3 Å². The maximum Gasteiger partial charge on any atom is 0.230 e. The molecule has 1 fully saturated rings. The highest BCUT2D eigenvalue weighted by Crippen LogP contribution is 2.26. The molecule has 80 valence electrons. The standard InChI is InChI=1S/C13H17NO/c1-4-7-8-9-14-12(6-3)10-11(5-2)13(14)15/h1,5-6,11-12H,2-3,7-10H2/t11-,12+/m0/s1. The van der Waals surface area contributed by atoms with Crippen molar-refractivity contribution >= 4 is 5.91 Å². The van der Waals surface area contributed by atoms with Crippen molar-refractivity contribution in [2.45, 2.75) is 25.3 Å². The number of nitrogens with zero attached hydrogens (tertiary/aromatic N) is 1. The molecular formula is C13H17NO. The van der Waals surface area contributed by atoms with Crippen LogP contribution in [0.3, 0.4) is 0 Å². The van der Waals surface area contributed by atoms with Gasteiger partial charge >= 0.3 is 0 Å². The lowest BCUT2D eigenvalue weighted by atomic mass is 10.1. The molecule has 0 saturated carbocycles. The number of hydrogen-bond donors (Lipinski definition) is 0. The third kappa shape index (κ3) is 2.50. The van der Waals surface area contributed by atoms with E-state index in [1.54, 1.807) is 6.08 Å². The van der Waals surface area contributed by atoms with Crippen LogP contribution < -0.4 is 0 Å². The zero-order chi connectivity index (χ0) is 11.3. The minimum absolute atomic E-state index is 0.0427. The normalized spacial score (nSPS) is 25.0. The molecule has 0 radical (unpaired) electrons. The lowest BCUT2D eigenvalue weighted by Crippen LogP contribution is -2.33. The number of hydrogen-bond acceptors (Lipinski definition) is 1. The van der Waals surface area contributed by atoms with E-state index in [1.807, 2.05) is 11.0 Å². The van der Waals surface area contributed by atoms with E-state index in [-0.39, 0.29) is 17.9 Å². The number of carbonyl (C=O) groups is 1. The van der Waals surface area contributed by atoms with E-state index in [0.717, 1.165) is 19.4 Å². The summed E-state index contributed by atoms with van der Waals surface area (Å²) in [7, 11) is 0. The molecule has 0 bridgehead atoms. The van der Waals surface area contributed by atoms with E-state index in [9.17, 15) is 4.79 Å². The first-order chi connectivity index (χ1) is 7.24. The summed E-state index contributed by atoms with van der Waals surface area (Å²) in [5.41, 5.74) is 0. The van der Waals surface area contributed by atoms with Gasteiger partial charge in [-0.05, 0) is 12.8 Å². The Morgan fingerprint density at radius 3 is 2.80 bits per heavy atom. The van der Waals surface area contributed by atoms with Crippen molar-refractivity contribution in [2.75, 3.05) is 6.54 Å². The first-order valence-corrected chi connectivity index (χ1v) is 5.23. The molecule has 2 nitrogen and oxygen atoms in total. The van der Waals surface area contributed by atoms with Gasteiger partial charge in [0.1, 0.15) is 0 Å². The first kappa shape index (κ1) is 11.6. The smallest absolute Gasteiger partial charge is 0.230 e. The number of unbranched alkanes of at least 4 members (excludes halogenated alkanes) is 1. The largest absolute Gasteiger partial charge is 0.336 e. The van der Waals surface area contributed by atoms with Gasteiger partial charge in [0.2, 0.25) is 5.91 Å².